The van der Waals surface area contributed by atoms with Crippen molar-refractivity contribution in [3.8, 4) is 16.9 Å². The minimum absolute atomic E-state index is 0.112. The average Bonchev–Trinajstić information content (AvgIpc) is 2.69. The Kier molecular flexibility index (Phi) is 8.23. The van der Waals surface area contributed by atoms with Crippen LogP contribution in [0.25, 0.3) is 11.1 Å². The molecule has 0 heterocycles. The second-order valence-corrected chi connectivity index (χ2v) is 6.53. The maximum atomic E-state index is 12.8. The molecular formula is C21H24F3N3O3. The van der Waals surface area contributed by atoms with Crippen LogP contribution in [-0.4, -0.2) is 32.2 Å². The molecule has 0 aliphatic rings. The number of carbonyl (C=O) groups is 1. The van der Waals surface area contributed by atoms with Crippen LogP contribution < -0.4 is 16.2 Å². The van der Waals surface area contributed by atoms with Gasteiger partial charge in [0.05, 0.1) is 12.2 Å². The number of hydrogen-bond acceptors (Lipinski definition) is 3. The standard InChI is InChI=1S/C21H24F3N3O3/c1-29-11-2-12-30-18-13-14(4-10-19(28)27-20(25)26)3-9-17(18)15-5-7-16(8-6-15)21(22,23)24/h3,5-9,13H,2,4,10-12H2,1H3,(H4,25,26,27,28). The quantitative estimate of drug-likeness (QED) is 0.365. The van der Waals surface area contributed by atoms with Crippen LogP contribution in [0.5, 0.6) is 5.75 Å². The van der Waals surface area contributed by atoms with Crippen molar-refractivity contribution in [1.82, 2.24) is 0 Å². The largest absolute Gasteiger partial charge is 0.493 e. The van der Waals surface area contributed by atoms with Crippen LogP contribution in [-0.2, 0) is 22.1 Å². The zero-order valence-electron chi connectivity index (χ0n) is 16.5. The van der Waals surface area contributed by atoms with E-state index >= 15 is 0 Å². The number of ether oxygens (including phenoxy) is 2. The van der Waals surface area contributed by atoms with Crippen molar-refractivity contribution in [2.45, 2.75) is 25.4 Å². The fourth-order valence-electron chi connectivity index (χ4n) is 2.76. The number of carbonyl (C=O) groups excluding carboxylic acids is 1. The highest BCUT2D eigenvalue weighted by atomic mass is 19.4. The second kappa shape index (κ2) is 10.6. The Morgan fingerprint density at radius 3 is 2.37 bits per heavy atom. The van der Waals surface area contributed by atoms with Crippen LogP contribution in [0.4, 0.5) is 13.2 Å². The second-order valence-electron chi connectivity index (χ2n) is 6.53. The Bertz CT molecular complexity index is 877. The summed E-state index contributed by atoms with van der Waals surface area (Å²) in [5.41, 5.74) is 11.7. The molecule has 0 spiro atoms. The normalized spacial score (nSPS) is 11.2. The van der Waals surface area contributed by atoms with E-state index in [-0.39, 0.29) is 12.4 Å². The van der Waals surface area contributed by atoms with E-state index in [1.165, 1.54) is 12.1 Å². The molecule has 0 bridgehead atoms. The van der Waals surface area contributed by atoms with Crippen molar-refractivity contribution in [3.63, 3.8) is 0 Å². The number of nitrogens with two attached hydrogens (primary N) is 2. The number of alkyl halides is 3. The lowest BCUT2D eigenvalue weighted by Crippen LogP contribution is -2.24. The minimum atomic E-state index is -4.40. The fraction of sp³-hybridized carbons (Fsp3) is 0.333. The molecule has 0 saturated heterocycles. The van der Waals surface area contributed by atoms with Gasteiger partial charge < -0.3 is 20.9 Å². The van der Waals surface area contributed by atoms with Crippen molar-refractivity contribution < 1.29 is 27.4 Å². The molecule has 0 unspecified atom stereocenters. The summed E-state index contributed by atoms with van der Waals surface area (Å²) < 4.78 is 49.4. The van der Waals surface area contributed by atoms with Crippen LogP contribution in [0.3, 0.4) is 0 Å². The number of halogens is 3. The van der Waals surface area contributed by atoms with Crippen molar-refractivity contribution in [2.75, 3.05) is 20.3 Å². The highest BCUT2D eigenvalue weighted by Gasteiger charge is 2.30. The Balaban J connectivity index is 2.25. The average molecular weight is 423 g/mol. The lowest BCUT2D eigenvalue weighted by Gasteiger charge is -2.14. The Labute approximate surface area is 172 Å². The molecule has 9 heteroatoms. The van der Waals surface area contributed by atoms with E-state index in [1.54, 1.807) is 25.3 Å². The predicted molar refractivity (Wildman–Crippen MR) is 108 cm³/mol. The zero-order valence-corrected chi connectivity index (χ0v) is 16.5. The van der Waals surface area contributed by atoms with Gasteiger partial charge in [0, 0.05) is 32.1 Å². The molecule has 30 heavy (non-hydrogen) atoms. The molecule has 162 valence electrons. The first-order valence-electron chi connectivity index (χ1n) is 9.25. The molecule has 0 fully saturated rings. The van der Waals surface area contributed by atoms with Crippen LogP contribution in [0.1, 0.15) is 24.0 Å². The monoisotopic (exact) mass is 423 g/mol. The van der Waals surface area contributed by atoms with Gasteiger partial charge in [-0.25, -0.2) is 0 Å². The molecule has 2 aromatic rings. The summed E-state index contributed by atoms with van der Waals surface area (Å²) in [4.78, 5) is 15.1. The number of benzene rings is 2. The molecule has 0 saturated carbocycles. The van der Waals surface area contributed by atoms with Crippen LogP contribution in [0, 0.1) is 0 Å². The summed E-state index contributed by atoms with van der Waals surface area (Å²) in [5.74, 6) is -0.221. The summed E-state index contributed by atoms with van der Waals surface area (Å²) in [5, 5.41) is 0. The van der Waals surface area contributed by atoms with Gasteiger partial charge in [-0.3, -0.25) is 4.79 Å². The maximum absolute atomic E-state index is 12.8. The van der Waals surface area contributed by atoms with Gasteiger partial charge in [-0.1, -0.05) is 24.3 Å². The number of methoxy groups -OCH3 is 1. The number of hydrogen-bond donors (Lipinski definition) is 2. The molecule has 0 aromatic heterocycles. The van der Waals surface area contributed by atoms with Gasteiger partial charge in [-0.15, -0.1) is 0 Å². The van der Waals surface area contributed by atoms with Gasteiger partial charge in [0.1, 0.15) is 5.75 Å². The third-order valence-electron chi connectivity index (χ3n) is 4.20. The van der Waals surface area contributed by atoms with Gasteiger partial charge >= 0.3 is 6.18 Å². The van der Waals surface area contributed by atoms with Crippen molar-refractivity contribution in [3.05, 3.63) is 53.6 Å². The number of amides is 1. The highest BCUT2D eigenvalue weighted by Crippen LogP contribution is 2.35. The smallest absolute Gasteiger partial charge is 0.416 e. The number of rotatable bonds is 9. The predicted octanol–water partition coefficient (Wildman–Crippen LogP) is 3.52. The fourth-order valence-corrected chi connectivity index (χ4v) is 2.76. The van der Waals surface area contributed by atoms with Crippen molar-refractivity contribution in [2.24, 2.45) is 16.5 Å². The molecule has 0 atom stereocenters. The summed E-state index contributed by atoms with van der Waals surface area (Å²) in [6, 6.07) is 10.2. The van der Waals surface area contributed by atoms with Gasteiger partial charge in [-0.2, -0.15) is 18.2 Å². The maximum Gasteiger partial charge on any atom is 0.416 e. The summed E-state index contributed by atoms with van der Waals surface area (Å²) in [6.45, 7) is 0.889. The first-order chi connectivity index (χ1) is 14.2. The number of aliphatic imine (C=N–C) groups is 1. The third-order valence-corrected chi connectivity index (χ3v) is 4.20. The van der Waals surface area contributed by atoms with Gasteiger partial charge in [-0.05, 0) is 35.7 Å². The van der Waals surface area contributed by atoms with E-state index in [0.717, 1.165) is 17.7 Å². The molecule has 2 rings (SSSR count). The van der Waals surface area contributed by atoms with E-state index in [0.29, 0.717) is 42.9 Å². The van der Waals surface area contributed by atoms with E-state index in [2.05, 4.69) is 4.99 Å². The molecular weight excluding hydrogens is 399 g/mol. The molecule has 0 aliphatic carbocycles. The first kappa shape index (κ1) is 23.2. The minimum Gasteiger partial charge on any atom is -0.493 e. The van der Waals surface area contributed by atoms with Gasteiger partial charge in [0.25, 0.3) is 0 Å². The Hall–Kier alpha value is -3.07. The van der Waals surface area contributed by atoms with E-state index in [9.17, 15) is 18.0 Å². The number of guanidine groups is 1. The lowest BCUT2D eigenvalue weighted by molar-refractivity contribution is -0.137. The summed E-state index contributed by atoms with van der Waals surface area (Å²) in [7, 11) is 1.59. The Morgan fingerprint density at radius 1 is 1.07 bits per heavy atom. The summed E-state index contributed by atoms with van der Waals surface area (Å²) in [6.07, 6.45) is -3.25. The van der Waals surface area contributed by atoms with Gasteiger partial charge in [0.2, 0.25) is 5.91 Å². The molecule has 0 radical (unpaired) electrons. The SMILES string of the molecule is COCCCOc1cc(CCC(=O)N=C(N)N)ccc1-c1ccc(C(F)(F)F)cc1. The summed E-state index contributed by atoms with van der Waals surface area (Å²) >= 11 is 0. The Morgan fingerprint density at radius 2 is 1.77 bits per heavy atom. The van der Waals surface area contributed by atoms with E-state index in [4.69, 9.17) is 20.9 Å². The van der Waals surface area contributed by atoms with Crippen LogP contribution >= 0.6 is 0 Å². The third kappa shape index (κ3) is 7.07. The molecule has 2 aromatic carbocycles. The highest BCUT2D eigenvalue weighted by molar-refractivity contribution is 5.91. The van der Waals surface area contributed by atoms with Gasteiger partial charge in [0.15, 0.2) is 5.96 Å². The van der Waals surface area contributed by atoms with Crippen molar-refractivity contribution in [1.29, 1.82) is 0 Å². The first-order valence-corrected chi connectivity index (χ1v) is 9.25. The van der Waals surface area contributed by atoms with Crippen LogP contribution in [0.2, 0.25) is 0 Å². The number of aryl methyl sites for hydroxylation is 1. The molecule has 1 amide bonds. The topological polar surface area (TPSA) is 99.9 Å². The zero-order chi connectivity index (χ0) is 22.1. The van der Waals surface area contributed by atoms with E-state index < -0.39 is 17.6 Å². The van der Waals surface area contributed by atoms with E-state index in [1.807, 2.05) is 0 Å². The molecule has 0 aliphatic heterocycles. The van der Waals surface area contributed by atoms with Crippen LogP contribution in [0.15, 0.2) is 47.5 Å². The molecule has 4 N–H and O–H groups in total. The lowest BCUT2D eigenvalue weighted by atomic mass is 9.99. The van der Waals surface area contributed by atoms with Crippen molar-refractivity contribution >= 4 is 11.9 Å². The number of nitrogens with zero attached hydrogens (tertiary/aromatic N) is 1. The molecule has 6 nitrogen and oxygen atoms in total.